The van der Waals surface area contributed by atoms with Gasteiger partial charge in [0, 0.05) is 18.5 Å². The molecule has 3 fully saturated rings. The molecule has 4 heteroatoms. The first-order valence-electron chi connectivity index (χ1n) is 7.74. The molecule has 0 N–H and O–H groups in total. The number of Topliss-reactive ketones (excluding diaryl/α,β-unsaturated/α-hetero) is 2. The summed E-state index contributed by atoms with van der Waals surface area (Å²) in [6, 6.07) is 0.184. The summed E-state index contributed by atoms with van der Waals surface area (Å²) in [5.74, 6) is -1.05. The summed E-state index contributed by atoms with van der Waals surface area (Å²) in [7, 11) is 0. The van der Waals surface area contributed by atoms with E-state index >= 15 is 0 Å². The summed E-state index contributed by atoms with van der Waals surface area (Å²) >= 11 is 0. The maximum atomic E-state index is 13.1. The van der Waals surface area contributed by atoms with Crippen LogP contribution >= 0.6 is 0 Å². The third kappa shape index (κ3) is 1.40. The number of hydrogen-bond acceptors (Lipinski definition) is 3. The van der Waals surface area contributed by atoms with E-state index in [2.05, 4.69) is 0 Å². The minimum atomic E-state index is -1.07. The number of ketones is 2. The van der Waals surface area contributed by atoms with Gasteiger partial charge in [-0.25, -0.2) is 0 Å². The Morgan fingerprint density at radius 1 is 1.20 bits per heavy atom. The normalized spacial score (nSPS) is 39.5. The minimum absolute atomic E-state index is 0.0759. The molecule has 0 spiro atoms. The molecule has 0 aromatic rings. The number of carbonyl (C=O) groups is 3. The van der Waals surface area contributed by atoms with Gasteiger partial charge in [0.1, 0.15) is 5.41 Å². The average molecular weight is 277 g/mol. The van der Waals surface area contributed by atoms with E-state index in [-0.39, 0.29) is 23.7 Å². The molecule has 2 aliphatic carbocycles. The molecule has 3 aliphatic rings. The van der Waals surface area contributed by atoms with Gasteiger partial charge in [-0.1, -0.05) is 13.8 Å². The minimum Gasteiger partial charge on any atom is -0.339 e. The van der Waals surface area contributed by atoms with Gasteiger partial charge in [0.15, 0.2) is 0 Å². The fraction of sp³-hybridized carbons (Fsp3) is 0.812. The molecule has 1 heterocycles. The lowest BCUT2D eigenvalue weighted by Gasteiger charge is -2.42. The SMILES string of the molecule is CC1CCCCN1C(=O)C12CCC(C(=O)C1=O)C2(C)C. The van der Waals surface area contributed by atoms with Crippen LogP contribution in [0.2, 0.25) is 0 Å². The van der Waals surface area contributed by atoms with Gasteiger partial charge in [-0.15, -0.1) is 0 Å². The summed E-state index contributed by atoms with van der Waals surface area (Å²) in [5, 5.41) is 0. The third-order valence-electron chi connectivity index (χ3n) is 6.14. The summed E-state index contributed by atoms with van der Waals surface area (Å²) in [5.41, 5.74) is -1.59. The average Bonchev–Trinajstić information content (AvgIpc) is 2.75. The molecule has 4 nitrogen and oxygen atoms in total. The van der Waals surface area contributed by atoms with E-state index in [9.17, 15) is 14.4 Å². The number of amides is 1. The van der Waals surface area contributed by atoms with Crippen molar-refractivity contribution in [3.05, 3.63) is 0 Å². The van der Waals surface area contributed by atoms with E-state index in [4.69, 9.17) is 0 Å². The number of carbonyl (C=O) groups excluding carboxylic acids is 3. The van der Waals surface area contributed by atoms with Crippen molar-refractivity contribution in [3.63, 3.8) is 0 Å². The lowest BCUT2D eigenvalue weighted by Crippen LogP contribution is -2.55. The predicted octanol–water partition coefficient (Wildman–Crippen LogP) is 1.96. The smallest absolute Gasteiger partial charge is 0.237 e. The van der Waals surface area contributed by atoms with Crippen LogP contribution in [0.5, 0.6) is 0 Å². The van der Waals surface area contributed by atoms with Gasteiger partial charge in [-0.3, -0.25) is 14.4 Å². The Morgan fingerprint density at radius 3 is 2.45 bits per heavy atom. The maximum Gasteiger partial charge on any atom is 0.237 e. The van der Waals surface area contributed by atoms with Crippen LogP contribution in [0.15, 0.2) is 0 Å². The molecular formula is C16H23NO3. The fourth-order valence-corrected chi connectivity index (χ4v) is 4.70. The first kappa shape index (κ1) is 13.8. The van der Waals surface area contributed by atoms with Crippen molar-refractivity contribution in [1.29, 1.82) is 0 Å². The first-order valence-corrected chi connectivity index (χ1v) is 7.74. The summed E-state index contributed by atoms with van der Waals surface area (Å²) in [6.07, 6.45) is 4.37. The van der Waals surface area contributed by atoms with Crippen LogP contribution in [0.1, 0.15) is 52.9 Å². The van der Waals surface area contributed by atoms with E-state index in [1.54, 1.807) is 0 Å². The highest BCUT2D eigenvalue weighted by Gasteiger charge is 2.73. The Hall–Kier alpha value is -1.19. The summed E-state index contributed by atoms with van der Waals surface area (Å²) in [6.45, 7) is 6.64. The quantitative estimate of drug-likeness (QED) is 0.544. The lowest BCUT2D eigenvalue weighted by atomic mass is 9.67. The van der Waals surface area contributed by atoms with E-state index in [0.717, 1.165) is 25.8 Å². The van der Waals surface area contributed by atoms with Crippen molar-refractivity contribution in [2.75, 3.05) is 6.54 Å². The molecule has 3 atom stereocenters. The van der Waals surface area contributed by atoms with Gasteiger partial charge >= 0.3 is 0 Å². The zero-order valence-corrected chi connectivity index (χ0v) is 12.6. The summed E-state index contributed by atoms with van der Waals surface area (Å²) < 4.78 is 0. The zero-order chi connectivity index (χ0) is 14.7. The van der Waals surface area contributed by atoms with E-state index < -0.39 is 16.6 Å². The number of nitrogens with zero attached hydrogens (tertiary/aromatic N) is 1. The van der Waals surface area contributed by atoms with Crippen LogP contribution < -0.4 is 0 Å². The van der Waals surface area contributed by atoms with Gasteiger partial charge in [0.25, 0.3) is 0 Å². The van der Waals surface area contributed by atoms with Crippen molar-refractivity contribution in [1.82, 2.24) is 4.90 Å². The number of fused-ring (bicyclic) bond motifs is 2. The first-order chi connectivity index (χ1) is 9.34. The maximum absolute atomic E-state index is 13.1. The Labute approximate surface area is 119 Å². The highest BCUT2D eigenvalue weighted by atomic mass is 16.2. The van der Waals surface area contributed by atoms with Gasteiger partial charge < -0.3 is 4.90 Å². The Balaban J connectivity index is 2.01. The van der Waals surface area contributed by atoms with Gasteiger partial charge in [-0.2, -0.15) is 0 Å². The Kier molecular flexibility index (Phi) is 2.86. The molecule has 2 bridgehead atoms. The number of rotatable bonds is 1. The van der Waals surface area contributed by atoms with Crippen LogP contribution in [-0.4, -0.2) is 35.0 Å². The lowest BCUT2D eigenvalue weighted by molar-refractivity contribution is -0.157. The third-order valence-corrected chi connectivity index (χ3v) is 6.14. The molecule has 1 saturated heterocycles. The van der Waals surface area contributed by atoms with Crippen molar-refractivity contribution in [2.45, 2.75) is 58.9 Å². The Morgan fingerprint density at radius 2 is 1.90 bits per heavy atom. The van der Waals surface area contributed by atoms with Crippen LogP contribution in [-0.2, 0) is 14.4 Å². The van der Waals surface area contributed by atoms with Crippen molar-refractivity contribution < 1.29 is 14.4 Å². The van der Waals surface area contributed by atoms with Gasteiger partial charge in [0.2, 0.25) is 17.5 Å². The monoisotopic (exact) mass is 277 g/mol. The Bertz CT molecular complexity index is 496. The van der Waals surface area contributed by atoms with Crippen LogP contribution in [0.3, 0.4) is 0 Å². The molecule has 110 valence electrons. The highest BCUT2D eigenvalue weighted by Crippen LogP contribution is 2.63. The molecule has 0 aromatic heterocycles. The molecule has 2 saturated carbocycles. The van der Waals surface area contributed by atoms with Crippen LogP contribution in [0, 0.1) is 16.7 Å². The molecule has 3 unspecified atom stereocenters. The van der Waals surface area contributed by atoms with Crippen molar-refractivity contribution in [2.24, 2.45) is 16.7 Å². The number of likely N-dealkylation sites (tertiary alicyclic amines) is 1. The predicted molar refractivity (Wildman–Crippen MR) is 74.0 cm³/mol. The second kappa shape index (κ2) is 4.15. The molecule has 0 radical (unpaired) electrons. The molecule has 20 heavy (non-hydrogen) atoms. The molecule has 1 aliphatic heterocycles. The van der Waals surface area contributed by atoms with Crippen molar-refractivity contribution in [3.8, 4) is 0 Å². The fourth-order valence-electron chi connectivity index (χ4n) is 4.70. The van der Waals surface area contributed by atoms with E-state index in [1.807, 2.05) is 25.7 Å². The second-order valence-electron chi connectivity index (χ2n) is 7.26. The van der Waals surface area contributed by atoms with Crippen LogP contribution in [0.4, 0.5) is 0 Å². The molecular weight excluding hydrogens is 254 g/mol. The van der Waals surface area contributed by atoms with Crippen molar-refractivity contribution >= 4 is 17.5 Å². The molecule has 3 rings (SSSR count). The van der Waals surface area contributed by atoms with Crippen LogP contribution in [0.25, 0.3) is 0 Å². The summed E-state index contributed by atoms with van der Waals surface area (Å²) in [4.78, 5) is 39.6. The topological polar surface area (TPSA) is 54.5 Å². The number of piperidine rings is 1. The van der Waals surface area contributed by atoms with E-state index in [1.165, 1.54) is 0 Å². The van der Waals surface area contributed by atoms with Gasteiger partial charge in [-0.05, 0) is 44.4 Å². The largest absolute Gasteiger partial charge is 0.339 e. The molecule has 1 amide bonds. The zero-order valence-electron chi connectivity index (χ0n) is 12.6. The van der Waals surface area contributed by atoms with E-state index in [0.29, 0.717) is 12.8 Å². The standard InChI is InChI=1S/C16H23NO3/c1-10-6-4-5-9-17(10)14(20)16-8-7-11(15(16,2)3)12(18)13(16)19/h10-11H,4-9H2,1-3H3. The molecule has 0 aromatic carbocycles. The highest BCUT2D eigenvalue weighted by molar-refractivity contribution is 6.47. The number of hydrogen-bond donors (Lipinski definition) is 0. The van der Waals surface area contributed by atoms with Gasteiger partial charge in [0.05, 0.1) is 0 Å². The second-order valence-corrected chi connectivity index (χ2v) is 7.26.